The second-order valence-corrected chi connectivity index (χ2v) is 6.74. The third-order valence-corrected chi connectivity index (χ3v) is 4.96. The first kappa shape index (κ1) is 15.7. The Labute approximate surface area is 147 Å². The van der Waals surface area contributed by atoms with E-state index in [9.17, 15) is 9.59 Å². The van der Waals surface area contributed by atoms with Crippen LogP contribution in [0.5, 0.6) is 0 Å². The van der Waals surface area contributed by atoms with Crippen molar-refractivity contribution in [2.75, 3.05) is 16.8 Å². The number of benzene rings is 2. The second kappa shape index (κ2) is 6.24. The van der Waals surface area contributed by atoms with Crippen LogP contribution in [-0.2, 0) is 11.3 Å². The zero-order chi connectivity index (χ0) is 17.4. The van der Waals surface area contributed by atoms with E-state index in [4.69, 9.17) is 0 Å². The standard InChI is InChI=1S/C20H21N3O2/c1-13-4-6-14(7-5-13)12-21-19(24)15-8-9-17-16(11-15)22-20(25)18-3-2-10-23(17)18/h4-9,11,18H,2-3,10,12H2,1H3,(H,21,24)(H,22,25)/t18-/m0/s1. The van der Waals surface area contributed by atoms with E-state index in [0.717, 1.165) is 36.3 Å². The lowest BCUT2D eigenvalue weighted by atomic mass is 10.1. The van der Waals surface area contributed by atoms with Crippen LogP contribution in [0.25, 0.3) is 0 Å². The molecule has 0 unspecified atom stereocenters. The Morgan fingerprint density at radius 1 is 1.24 bits per heavy atom. The van der Waals surface area contributed by atoms with Gasteiger partial charge in [-0.2, -0.15) is 0 Å². The van der Waals surface area contributed by atoms with Crippen LogP contribution in [0.2, 0.25) is 0 Å². The summed E-state index contributed by atoms with van der Waals surface area (Å²) in [5, 5.41) is 5.88. The van der Waals surface area contributed by atoms with Crippen LogP contribution >= 0.6 is 0 Å². The van der Waals surface area contributed by atoms with Gasteiger partial charge >= 0.3 is 0 Å². The SMILES string of the molecule is Cc1ccc(CNC(=O)c2ccc3c(c2)NC(=O)[C@@H]2CCCN32)cc1. The number of carbonyl (C=O) groups is 2. The first-order valence-corrected chi connectivity index (χ1v) is 8.67. The first-order chi connectivity index (χ1) is 12.1. The molecule has 2 heterocycles. The Morgan fingerprint density at radius 2 is 2.04 bits per heavy atom. The van der Waals surface area contributed by atoms with Gasteiger partial charge in [0.1, 0.15) is 6.04 Å². The molecule has 2 N–H and O–H groups in total. The number of carbonyl (C=O) groups excluding carboxylic acids is 2. The van der Waals surface area contributed by atoms with E-state index in [1.807, 2.05) is 43.3 Å². The normalized spacial score (nSPS) is 18.4. The van der Waals surface area contributed by atoms with E-state index in [0.29, 0.717) is 12.1 Å². The van der Waals surface area contributed by atoms with Crippen molar-refractivity contribution in [3.8, 4) is 0 Å². The van der Waals surface area contributed by atoms with Crippen LogP contribution in [0, 0.1) is 6.92 Å². The van der Waals surface area contributed by atoms with Gasteiger partial charge in [-0.25, -0.2) is 0 Å². The highest BCUT2D eigenvalue weighted by molar-refractivity contribution is 6.06. The summed E-state index contributed by atoms with van der Waals surface area (Å²) >= 11 is 0. The van der Waals surface area contributed by atoms with Gasteiger partial charge in [-0.15, -0.1) is 0 Å². The highest BCUT2D eigenvalue weighted by Gasteiger charge is 2.36. The largest absolute Gasteiger partial charge is 0.358 e. The van der Waals surface area contributed by atoms with Gasteiger partial charge in [0, 0.05) is 18.7 Å². The van der Waals surface area contributed by atoms with Crippen LogP contribution in [0.3, 0.4) is 0 Å². The van der Waals surface area contributed by atoms with Crippen molar-refractivity contribution < 1.29 is 9.59 Å². The zero-order valence-electron chi connectivity index (χ0n) is 14.2. The molecule has 0 spiro atoms. The Bertz CT molecular complexity index is 829. The van der Waals surface area contributed by atoms with Gasteiger partial charge in [0.25, 0.3) is 5.91 Å². The van der Waals surface area contributed by atoms with Gasteiger partial charge in [0.05, 0.1) is 11.4 Å². The van der Waals surface area contributed by atoms with Crippen LogP contribution in [0.4, 0.5) is 11.4 Å². The molecule has 1 atom stereocenters. The highest BCUT2D eigenvalue weighted by atomic mass is 16.2. The third kappa shape index (κ3) is 2.97. The Kier molecular flexibility index (Phi) is 3.92. The summed E-state index contributed by atoms with van der Waals surface area (Å²) in [4.78, 5) is 26.8. The Morgan fingerprint density at radius 3 is 2.84 bits per heavy atom. The maximum Gasteiger partial charge on any atom is 0.251 e. The molecular weight excluding hydrogens is 314 g/mol. The number of aryl methyl sites for hydroxylation is 1. The van der Waals surface area contributed by atoms with Gasteiger partial charge in [-0.3, -0.25) is 9.59 Å². The van der Waals surface area contributed by atoms with Gasteiger partial charge in [0.2, 0.25) is 5.91 Å². The number of anilines is 2. The van der Waals surface area contributed by atoms with E-state index < -0.39 is 0 Å². The van der Waals surface area contributed by atoms with Crippen LogP contribution in [0.1, 0.15) is 34.3 Å². The maximum absolute atomic E-state index is 12.4. The topological polar surface area (TPSA) is 61.4 Å². The summed E-state index contributed by atoms with van der Waals surface area (Å²) in [7, 11) is 0. The molecule has 0 bridgehead atoms. The molecule has 128 valence electrons. The number of hydrogen-bond acceptors (Lipinski definition) is 3. The molecule has 4 rings (SSSR count). The van der Waals surface area contributed by atoms with E-state index >= 15 is 0 Å². The number of fused-ring (bicyclic) bond motifs is 3. The first-order valence-electron chi connectivity index (χ1n) is 8.67. The van der Waals surface area contributed by atoms with E-state index in [1.165, 1.54) is 5.56 Å². The monoisotopic (exact) mass is 335 g/mol. The van der Waals surface area contributed by atoms with E-state index in [-0.39, 0.29) is 17.9 Å². The van der Waals surface area contributed by atoms with Crippen molar-refractivity contribution in [1.29, 1.82) is 0 Å². The van der Waals surface area contributed by atoms with Gasteiger partial charge in [-0.05, 0) is 43.5 Å². The number of nitrogens with one attached hydrogen (secondary N) is 2. The summed E-state index contributed by atoms with van der Waals surface area (Å²) in [5.74, 6) is -0.108. The second-order valence-electron chi connectivity index (χ2n) is 6.74. The smallest absolute Gasteiger partial charge is 0.251 e. The van der Waals surface area contributed by atoms with Crippen molar-refractivity contribution >= 4 is 23.2 Å². The average molecular weight is 335 g/mol. The fraction of sp³-hybridized carbons (Fsp3) is 0.300. The van der Waals surface area contributed by atoms with E-state index in [2.05, 4.69) is 15.5 Å². The lowest BCUT2D eigenvalue weighted by Gasteiger charge is -2.33. The van der Waals surface area contributed by atoms with Gasteiger partial charge in [-0.1, -0.05) is 29.8 Å². The third-order valence-electron chi connectivity index (χ3n) is 4.96. The van der Waals surface area contributed by atoms with Crippen molar-refractivity contribution in [3.63, 3.8) is 0 Å². The van der Waals surface area contributed by atoms with Crippen LogP contribution in [-0.4, -0.2) is 24.4 Å². The molecule has 5 heteroatoms. The number of amides is 2. The van der Waals surface area contributed by atoms with Crippen molar-refractivity contribution in [2.45, 2.75) is 32.4 Å². The molecule has 2 aliphatic heterocycles. The molecule has 2 aromatic rings. The summed E-state index contributed by atoms with van der Waals surface area (Å²) in [6.07, 6.45) is 1.92. The fourth-order valence-electron chi connectivity index (χ4n) is 3.56. The molecule has 2 amide bonds. The molecule has 1 saturated heterocycles. The predicted molar refractivity (Wildman–Crippen MR) is 97.8 cm³/mol. The molecule has 5 nitrogen and oxygen atoms in total. The predicted octanol–water partition coefficient (Wildman–Crippen LogP) is 2.85. The van der Waals surface area contributed by atoms with Crippen molar-refractivity contribution in [2.24, 2.45) is 0 Å². The minimum Gasteiger partial charge on any atom is -0.358 e. The van der Waals surface area contributed by atoms with Crippen molar-refractivity contribution in [1.82, 2.24) is 5.32 Å². The summed E-state index contributed by atoms with van der Waals surface area (Å²) < 4.78 is 0. The van der Waals surface area contributed by atoms with Gasteiger partial charge < -0.3 is 15.5 Å². The summed E-state index contributed by atoms with van der Waals surface area (Å²) in [6.45, 7) is 3.41. The lowest BCUT2D eigenvalue weighted by molar-refractivity contribution is -0.117. The zero-order valence-corrected chi connectivity index (χ0v) is 14.2. The molecule has 0 radical (unpaired) electrons. The molecule has 0 aromatic heterocycles. The quantitative estimate of drug-likeness (QED) is 0.907. The minimum absolute atomic E-state index is 0.0298. The molecular formula is C20H21N3O2. The van der Waals surface area contributed by atoms with Gasteiger partial charge in [0.15, 0.2) is 0 Å². The molecule has 1 fully saturated rings. The molecule has 25 heavy (non-hydrogen) atoms. The number of rotatable bonds is 3. The highest BCUT2D eigenvalue weighted by Crippen LogP contribution is 2.37. The van der Waals surface area contributed by atoms with Crippen molar-refractivity contribution in [3.05, 3.63) is 59.2 Å². The number of hydrogen-bond donors (Lipinski definition) is 2. The summed E-state index contributed by atoms with van der Waals surface area (Å²) in [5.41, 5.74) is 4.55. The van der Waals surface area contributed by atoms with E-state index in [1.54, 1.807) is 6.07 Å². The maximum atomic E-state index is 12.4. The minimum atomic E-state index is -0.138. The molecule has 2 aliphatic rings. The average Bonchev–Trinajstić information content (AvgIpc) is 3.11. The molecule has 2 aromatic carbocycles. The Balaban J connectivity index is 1.49. The lowest BCUT2D eigenvalue weighted by Crippen LogP contribution is -2.44. The summed E-state index contributed by atoms with van der Waals surface area (Å²) in [6, 6.07) is 13.6. The number of nitrogens with zero attached hydrogens (tertiary/aromatic N) is 1. The molecule has 0 aliphatic carbocycles. The van der Waals surface area contributed by atoms with Crippen LogP contribution < -0.4 is 15.5 Å². The molecule has 0 saturated carbocycles. The van der Waals surface area contributed by atoms with Crippen LogP contribution in [0.15, 0.2) is 42.5 Å². The Hall–Kier alpha value is -2.82. The fourth-order valence-corrected chi connectivity index (χ4v) is 3.56.